The van der Waals surface area contributed by atoms with E-state index in [-0.39, 0.29) is 5.91 Å². The van der Waals surface area contributed by atoms with Gasteiger partial charge in [-0.05, 0) is 29.9 Å². The Kier molecular flexibility index (Phi) is 4.50. The average molecular weight is 316 g/mol. The normalized spacial score (nSPS) is 16.6. The molecule has 0 unspecified atom stereocenters. The predicted molar refractivity (Wildman–Crippen MR) is 93.7 cm³/mol. The minimum Gasteiger partial charge on any atom is -0.335 e. The molecular weight excluding hydrogens is 292 g/mol. The van der Waals surface area contributed by atoms with Gasteiger partial charge in [-0.15, -0.1) is 11.3 Å². The van der Waals surface area contributed by atoms with Gasteiger partial charge in [-0.1, -0.05) is 32.0 Å². The van der Waals surface area contributed by atoms with Gasteiger partial charge in [-0.2, -0.15) is 0 Å². The number of carbonyl (C=O) groups is 1. The Morgan fingerprint density at radius 3 is 2.50 bits per heavy atom. The molecule has 1 aromatic carbocycles. The number of benzene rings is 1. The second-order valence-electron chi connectivity index (χ2n) is 6.54. The first-order valence-corrected chi connectivity index (χ1v) is 8.87. The van der Waals surface area contributed by atoms with Crippen LogP contribution in [0.2, 0.25) is 0 Å². The molecule has 2 aromatic rings. The lowest BCUT2D eigenvalue weighted by Gasteiger charge is -2.35. The number of amides is 1. The molecule has 1 saturated heterocycles. The Bertz CT molecular complexity index is 669. The van der Waals surface area contributed by atoms with Crippen molar-refractivity contribution in [3.05, 3.63) is 34.7 Å². The number of thiophene rings is 1. The third kappa shape index (κ3) is 3.03. The van der Waals surface area contributed by atoms with Crippen LogP contribution >= 0.6 is 11.3 Å². The fraction of sp³-hybridized carbons (Fsp3) is 0.500. The monoisotopic (exact) mass is 316 g/mol. The van der Waals surface area contributed by atoms with Crippen LogP contribution in [-0.4, -0.2) is 48.4 Å². The lowest BCUT2D eigenvalue weighted by molar-refractivity contribution is 0.0628. The van der Waals surface area contributed by atoms with Crippen molar-refractivity contribution in [2.24, 2.45) is 5.92 Å². The van der Waals surface area contributed by atoms with Crippen LogP contribution in [0.3, 0.4) is 0 Å². The molecule has 4 heteroatoms. The fourth-order valence-electron chi connectivity index (χ4n) is 3.17. The Labute approximate surface area is 136 Å². The summed E-state index contributed by atoms with van der Waals surface area (Å²) in [5, 5.41) is 1.22. The van der Waals surface area contributed by atoms with Crippen molar-refractivity contribution in [3.8, 4) is 0 Å². The minimum atomic E-state index is 0.211. The molecule has 0 saturated carbocycles. The zero-order valence-electron chi connectivity index (χ0n) is 13.6. The standard InChI is InChI=1S/C18H24N2OS/c1-13(2)12-19-8-10-20(11-9-19)18(21)17-14(3)15-6-4-5-7-16(15)22-17/h4-7,13H,8-12H2,1-3H3. The average Bonchev–Trinajstić information content (AvgIpc) is 2.84. The van der Waals surface area contributed by atoms with E-state index in [1.807, 2.05) is 17.0 Å². The predicted octanol–water partition coefficient (Wildman–Crippen LogP) is 3.62. The highest BCUT2D eigenvalue weighted by atomic mass is 32.1. The van der Waals surface area contributed by atoms with Crippen molar-refractivity contribution in [2.75, 3.05) is 32.7 Å². The summed E-state index contributed by atoms with van der Waals surface area (Å²) in [6.07, 6.45) is 0. The van der Waals surface area contributed by atoms with E-state index in [1.165, 1.54) is 10.1 Å². The highest BCUT2D eigenvalue weighted by molar-refractivity contribution is 7.21. The number of nitrogens with zero attached hydrogens (tertiary/aromatic N) is 2. The first-order valence-electron chi connectivity index (χ1n) is 8.06. The zero-order chi connectivity index (χ0) is 15.7. The lowest BCUT2D eigenvalue weighted by atomic mass is 10.1. The smallest absolute Gasteiger partial charge is 0.264 e. The molecule has 0 N–H and O–H groups in total. The van der Waals surface area contributed by atoms with Gasteiger partial charge in [0.05, 0.1) is 4.88 Å². The molecule has 3 nitrogen and oxygen atoms in total. The van der Waals surface area contributed by atoms with Crippen LogP contribution in [0.25, 0.3) is 10.1 Å². The van der Waals surface area contributed by atoms with Crippen molar-refractivity contribution in [2.45, 2.75) is 20.8 Å². The molecule has 118 valence electrons. The summed E-state index contributed by atoms with van der Waals surface area (Å²) < 4.78 is 1.21. The molecule has 1 amide bonds. The summed E-state index contributed by atoms with van der Waals surface area (Å²) in [4.78, 5) is 18.2. The summed E-state index contributed by atoms with van der Waals surface area (Å²) in [7, 11) is 0. The molecule has 0 radical (unpaired) electrons. The maximum atomic E-state index is 12.8. The molecule has 2 heterocycles. The number of aryl methyl sites for hydroxylation is 1. The van der Waals surface area contributed by atoms with Crippen LogP contribution in [0.15, 0.2) is 24.3 Å². The number of fused-ring (bicyclic) bond motifs is 1. The maximum absolute atomic E-state index is 12.8. The van der Waals surface area contributed by atoms with Gasteiger partial charge in [-0.3, -0.25) is 9.69 Å². The minimum absolute atomic E-state index is 0.211. The maximum Gasteiger partial charge on any atom is 0.264 e. The molecule has 1 aliphatic heterocycles. The van der Waals surface area contributed by atoms with Crippen LogP contribution < -0.4 is 0 Å². The molecule has 3 rings (SSSR count). The molecule has 0 aliphatic carbocycles. The van der Waals surface area contributed by atoms with E-state index in [2.05, 4.69) is 37.8 Å². The molecule has 0 spiro atoms. The van der Waals surface area contributed by atoms with Gasteiger partial charge in [0.15, 0.2) is 0 Å². The number of rotatable bonds is 3. The Hall–Kier alpha value is -1.39. The molecule has 0 bridgehead atoms. The van der Waals surface area contributed by atoms with Crippen molar-refractivity contribution >= 4 is 27.3 Å². The van der Waals surface area contributed by atoms with Gasteiger partial charge in [0.2, 0.25) is 0 Å². The topological polar surface area (TPSA) is 23.6 Å². The number of hydrogen-bond donors (Lipinski definition) is 0. The largest absolute Gasteiger partial charge is 0.335 e. The van der Waals surface area contributed by atoms with Gasteiger partial charge in [0.25, 0.3) is 5.91 Å². The number of hydrogen-bond acceptors (Lipinski definition) is 3. The Balaban J connectivity index is 1.73. The van der Waals surface area contributed by atoms with E-state index >= 15 is 0 Å². The second-order valence-corrected chi connectivity index (χ2v) is 7.59. The van der Waals surface area contributed by atoms with Gasteiger partial charge in [-0.25, -0.2) is 0 Å². The molecule has 1 fully saturated rings. The fourth-order valence-corrected chi connectivity index (χ4v) is 4.35. The van der Waals surface area contributed by atoms with Gasteiger partial charge >= 0.3 is 0 Å². The third-order valence-electron chi connectivity index (χ3n) is 4.32. The van der Waals surface area contributed by atoms with Gasteiger partial charge in [0, 0.05) is 37.4 Å². The first-order chi connectivity index (χ1) is 10.6. The molecule has 1 aliphatic rings. The quantitative estimate of drug-likeness (QED) is 0.863. The summed E-state index contributed by atoms with van der Waals surface area (Å²) in [6, 6.07) is 8.29. The molecule has 1 aromatic heterocycles. The summed E-state index contributed by atoms with van der Waals surface area (Å²) >= 11 is 1.63. The van der Waals surface area contributed by atoms with Crippen LogP contribution in [-0.2, 0) is 0 Å². The van der Waals surface area contributed by atoms with Crippen molar-refractivity contribution < 1.29 is 4.79 Å². The third-order valence-corrected chi connectivity index (χ3v) is 5.58. The SMILES string of the molecule is Cc1c(C(=O)N2CCN(CC(C)C)CC2)sc2ccccc12. The summed E-state index contributed by atoms with van der Waals surface area (Å²) in [6.45, 7) is 11.4. The lowest BCUT2D eigenvalue weighted by Crippen LogP contribution is -2.49. The zero-order valence-corrected chi connectivity index (χ0v) is 14.4. The van der Waals surface area contributed by atoms with Crippen molar-refractivity contribution in [3.63, 3.8) is 0 Å². The number of carbonyl (C=O) groups excluding carboxylic acids is 1. The Morgan fingerprint density at radius 2 is 1.86 bits per heavy atom. The van der Waals surface area contributed by atoms with Crippen molar-refractivity contribution in [1.82, 2.24) is 9.80 Å². The van der Waals surface area contributed by atoms with E-state index in [0.717, 1.165) is 43.2 Å². The summed E-state index contributed by atoms with van der Waals surface area (Å²) in [5.74, 6) is 0.898. The highest BCUT2D eigenvalue weighted by Crippen LogP contribution is 2.31. The van der Waals surface area contributed by atoms with Crippen LogP contribution in [0.5, 0.6) is 0 Å². The Morgan fingerprint density at radius 1 is 1.18 bits per heavy atom. The van der Waals surface area contributed by atoms with Crippen LogP contribution in [0.1, 0.15) is 29.1 Å². The molecule has 0 atom stereocenters. The molecule has 22 heavy (non-hydrogen) atoms. The second kappa shape index (κ2) is 6.39. The van der Waals surface area contributed by atoms with E-state index in [4.69, 9.17) is 0 Å². The van der Waals surface area contributed by atoms with E-state index < -0.39 is 0 Å². The van der Waals surface area contributed by atoms with E-state index in [9.17, 15) is 4.79 Å². The van der Waals surface area contributed by atoms with E-state index in [0.29, 0.717) is 5.92 Å². The van der Waals surface area contributed by atoms with Gasteiger partial charge in [0.1, 0.15) is 0 Å². The highest BCUT2D eigenvalue weighted by Gasteiger charge is 2.25. The molecular formula is C18H24N2OS. The number of piperazine rings is 1. The van der Waals surface area contributed by atoms with Crippen molar-refractivity contribution in [1.29, 1.82) is 0 Å². The summed E-state index contributed by atoms with van der Waals surface area (Å²) in [5.41, 5.74) is 1.13. The van der Waals surface area contributed by atoms with Crippen LogP contribution in [0.4, 0.5) is 0 Å². The first kappa shape index (κ1) is 15.5. The van der Waals surface area contributed by atoms with E-state index in [1.54, 1.807) is 11.3 Å². The van der Waals surface area contributed by atoms with Crippen LogP contribution in [0, 0.1) is 12.8 Å². The van der Waals surface area contributed by atoms with Gasteiger partial charge < -0.3 is 4.90 Å².